The summed E-state index contributed by atoms with van der Waals surface area (Å²) in [5.41, 5.74) is 1.13. The second-order valence-electron chi connectivity index (χ2n) is 7.38. The van der Waals surface area contributed by atoms with Crippen LogP contribution in [0.5, 0.6) is 0 Å². The topological polar surface area (TPSA) is 70.6 Å². The second-order valence-corrected chi connectivity index (χ2v) is 7.38. The monoisotopic (exact) mass is 320 g/mol. The number of carbonyl (C=O) groups is 1. The molecule has 1 heterocycles. The molecule has 0 saturated carbocycles. The number of hydrogen-bond acceptors (Lipinski definition) is 4. The molecule has 3 N–H and O–H groups in total. The van der Waals surface area contributed by atoms with Gasteiger partial charge in [0.05, 0.1) is 18.8 Å². The van der Waals surface area contributed by atoms with E-state index in [0.717, 1.165) is 0 Å². The standard InChI is InChI=1S/C18H28N2O3/c1-18(2,3)9-16(21)20-11-15-17(22)14(12-23-15)19-10-13-7-5-4-6-8-13/h4-8,14-15,17,19,22H,9-12H2,1-3H3,(H,20,21). The lowest BCUT2D eigenvalue weighted by molar-refractivity contribution is -0.123. The summed E-state index contributed by atoms with van der Waals surface area (Å²) in [7, 11) is 0. The van der Waals surface area contributed by atoms with Crippen LogP contribution >= 0.6 is 0 Å². The number of hydrogen-bond donors (Lipinski definition) is 3. The van der Waals surface area contributed by atoms with Crippen molar-refractivity contribution in [2.75, 3.05) is 13.2 Å². The Morgan fingerprint density at radius 3 is 2.65 bits per heavy atom. The smallest absolute Gasteiger partial charge is 0.220 e. The van der Waals surface area contributed by atoms with E-state index in [1.165, 1.54) is 5.56 Å². The molecule has 0 radical (unpaired) electrons. The van der Waals surface area contributed by atoms with Crippen molar-refractivity contribution in [1.29, 1.82) is 0 Å². The molecule has 1 aliphatic rings. The van der Waals surface area contributed by atoms with Crippen molar-refractivity contribution < 1.29 is 14.6 Å². The maximum atomic E-state index is 11.9. The summed E-state index contributed by atoms with van der Waals surface area (Å²) in [4.78, 5) is 11.9. The van der Waals surface area contributed by atoms with Crippen molar-refractivity contribution in [2.24, 2.45) is 5.41 Å². The van der Waals surface area contributed by atoms with E-state index >= 15 is 0 Å². The van der Waals surface area contributed by atoms with Crippen LogP contribution in [0.4, 0.5) is 0 Å². The molecule has 0 aromatic heterocycles. The number of ether oxygens (including phenoxy) is 1. The van der Waals surface area contributed by atoms with E-state index in [0.29, 0.717) is 26.1 Å². The third-order valence-electron chi connectivity index (χ3n) is 3.89. The average Bonchev–Trinajstić information content (AvgIpc) is 2.83. The van der Waals surface area contributed by atoms with Gasteiger partial charge < -0.3 is 20.5 Å². The van der Waals surface area contributed by atoms with Gasteiger partial charge in [-0.2, -0.15) is 0 Å². The Labute approximate surface area is 138 Å². The molecule has 0 spiro atoms. The van der Waals surface area contributed by atoms with E-state index in [-0.39, 0.29) is 23.5 Å². The van der Waals surface area contributed by atoms with Gasteiger partial charge in [-0.05, 0) is 11.0 Å². The fraction of sp³-hybridized carbons (Fsp3) is 0.611. The quantitative estimate of drug-likeness (QED) is 0.742. The first-order valence-corrected chi connectivity index (χ1v) is 8.19. The molecule has 1 aromatic rings. The molecule has 0 aliphatic carbocycles. The van der Waals surface area contributed by atoms with Gasteiger partial charge in [0.15, 0.2) is 0 Å². The predicted molar refractivity (Wildman–Crippen MR) is 89.9 cm³/mol. The average molecular weight is 320 g/mol. The zero-order valence-corrected chi connectivity index (χ0v) is 14.2. The number of benzene rings is 1. The zero-order valence-electron chi connectivity index (χ0n) is 14.2. The fourth-order valence-corrected chi connectivity index (χ4v) is 2.65. The molecular weight excluding hydrogens is 292 g/mol. The summed E-state index contributed by atoms with van der Waals surface area (Å²) in [6.07, 6.45) is -0.508. The third kappa shape index (κ3) is 5.94. The van der Waals surface area contributed by atoms with Crippen molar-refractivity contribution in [3.8, 4) is 0 Å². The Morgan fingerprint density at radius 2 is 2.00 bits per heavy atom. The van der Waals surface area contributed by atoms with Gasteiger partial charge in [-0.25, -0.2) is 0 Å². The highest BCUT2D eigenvalue weighted by molar-refractivity contribution is 5.76. The largest absolute Gasteiger partial charge is 0.389 e. The lowest BCUT2D eigenvalue weighted by Crippen LogP contribution is -2.44. The molecule has 3 unspecified atom stereocenters. The molecule has 1 amide bonds. The van der Waals surface area contributed by atoms with Crippen LogP contribution in [-0.4, -0.2) is 42.4 Å². The van der Waals surface area contributed by atoms with Crippen LogP contribution in [0.25, 0.3) is 0 Å². The molecule has 3 atom stereocenters. The summed E-state index contributed by atoms with van der Waals surface area (Å²) in [6.45, 7) is 7.56. The van der Waals surface area contributed by atoms with E-state index in [2.05, 4.69) is 10.6 Å². The first kappa shape index (κ1) is 17.9. The summed E-state index contributed by atoms with van der Waals surface area (Å²) in [6, 6.07) is 9.93. The molecule has 0 bridgehead atoms. The minimum atomic E-state index is -0.617. The van der Waals surface area contributed by atoms with Crippen molar-refractivity contribution in [3.63, 3.8) is 0 Å². The van der Waals surface area contributed by atoms with Gasteiger partial charge in [0.1, 0.15) is 6.10 Å². The third-order valence-corrected chi connectivity index (χ3v) is 3.89. The second kappa shape index (κ2) is 7.90. The van der Waals surface area contributed by atoms with Crippen LogP contribution in [0.2, 0.25) is 0 Å². The van der Waals surface area contributed by atoms with Gasteiger partial charge >= 0.3 is 0 Å². The summed E-state index contributed by atoms with van der Waals surface area (Å²) >= 11 is 0. The van der Waals surface area contributed by atoms with Crippen LogP contribution < -0.4 is 10.6 Å². The van der Waals surface area contributed by atoms with Crippen LogP contribution in [0.3, 0.4) is 0 Å². The number of carbonyl (C=O) groups excluding carboxylic acids is 1. The van der Waals surface area contributed by atoms with E-state index in [9.17, 15) is 9.90 Å². The highest BCUT2D eigenvalue weighted by Gasteiger charge is 2.35. The number of aliphatic hydroxyl groups is 1. The van der Waals surface area contributed by atoms with E-state index < -0.39 is 6.10 Å². The molecule has 23 heavy (non-hydrogen) atoms. The molecule has 1 aliphatic heterocycles. The van der Waals surface area contributed by atoms with Gasteiger partial charge in [0.2, 0.25) is 5.91 Å². The number of amides is 1. The van der Waals surface area contributed by atoms with Gasteiger partial charge in [-0.15, -0.1) is 0 Å². The molecule has 5 nitrogen and oxygen atoms in total. The first-order valence-electron chi connectivity index (χ1n) is 8.19. The SMILES string of the molecule is CC(C)(C)CC(=O)NCC1OCC(NCc2ccccc2)C1O. The van der Waals surface area contributed by atoms with Gasteiger partial charge in [0, 0.05) is 19.5 Å². The molecular formula is C18H28N2O3. The molecule has 1 fully saturated rings. The van der Waals surface area contributed by atoms with E-state index in [1.807, 2.05) is 51.1 Å². The summed E-state index contributed by atoms with van der Waals surface area (Å²) < 4.78 is 5.62. The summed E-state index contributed by atoms with van der Waals surface area (Å²) in [5.74, 6) is -0.00556. The van der Waals surface area contributed by atoms with Crippen LogP contribution in [0.1, 0.15) is 32.8 Å². The Kier molecular flexibility index (Phi) is 6.16. The van der Waals surface area contributed by atoms with Crippen molar-refractivity contribution in [2.45, 2.75) is 52.0 Å². The molecule has 128 valence electrons. The van der Waals surface area contributed by atoms with Gasteiger partial charge in [-0.1, -0.05) is 51.1 Å². The zero-order chi connectivity index (χ0) is 16.9. The first-order chi connectivity index (χ1) is 10.8. The minimum absolute atomic E-state index is 0.00556. The Bertz CT molecular complexity index is 499. The van der Waals surface area contributed by atoms with Crippen molar-refractivity contribution in [1.82, 2.24) is 10.6 Å². The molecule has 2 rings (SSSR count). The molecule has 5 heteroatoms. The Morgan fingerprint density at radius 1 is 1.30 bits per heavy atom. The van der Waals surface area contributed by atoms with Crippen molar-refractivity contribution >= 4 is 5.91 Å². The highest BCUT2D eigenvalue weighted by Crippen LogP contribution is 2.18. The van der Waals surface area contributed by atoms with Crippen LogP contribution in [0, 0.1) is 5.41 Å². The number of rotatable bonds is 6. The lowest BCUT2D eigenvalue weighted by Gasteiger charge is -2.21. The predicted octanol–water partition coefficient (Wildman–Crippen LogP) is 1.46. The van der Waals surface area contributed by atoms with Gasteiger partial charge in [0.25, 0.3) is 0 Å². The maximum absolute atomic E-state index is 11.9. The van der Waals surface area contributed by atoms with Crippen molar-refractivity contribution in [3.05, 3.63) is 35.9 Å². The summed E-state index contributed by atoms with van der Waals surface area (Å²) in [5, 5.41) is 16.5. The van der Waals surface area contributed by atoms with Crippen LogP contribution in [-0.2, 0) is 16.1 Å². The molecule has 1 saturated heterocycles. The Balaban J connectivity index is 1.73. The highest BCUT2D eigenvalue weighted by atomic mass is 16.5. The van der Waals surface area contributed by atoms with Gasteiger partial charge in [-0.3, -0.25) is 4.79 Å². The maximum Gasteiger partial charge on any atom is 0.220 e. The van der Waals surface area contributed by atoms with E-state index in [1.54, 1.807) is 0 Å². The fourth-order valence-electron chi connectivity index (χ4n) is 2.65. The van der Waals surface area contributed by atoms with Crippen LogP contribution in [0.15, 0.2) is 30.3 Å². The lowest BCUT2D eigenvalue weighted by atomic mass is 9.92. The Hall–Kier alpha value is -1.43. The normalized spacial score (nSPS) is 24.6. The minimum Gasteiger partial charge on any atom is -0.389 e. The molecule has 1 aromatic carbocycles. The number of aliphatic hydroxyl groups excluding tert-OH is 1. The van der Waals surface area contributed by atoms with E-state index in [4.69, 9.17) is 4.74 Å². The number of nitrogens with one attached hydrogen (secondary N) is 2.